The highest BCUT2D eigenvalue weighted by Crippen LogP contribution is 2.28. The number of nitrogens with zero attached hydrogens (tertiary/aromatic N) is 2. The van der Waals surface area contributed by atoms with E-state index in [0.717, 1.165) is 0 Å². The number of pyridine rings is 1. The Kier molecular flexibility index (Phi) is 2.01. The largest absolute Gasteiger partial charge is 0.493 e. The van der Waals surface area contributed by atoms with E-state index in [4.69, 9.17) is 27.9 Å². The quantitative estimate of drug-likeness (QED) is 0.747. The highest BCUT2D eigenvalue weighted by molar-refractivity contribution is 6.35. The van der Waals surface area contributed by atoms with Crippen LogP contribution in [0.25, 0.3) is 11.0 Å². The van der Waals surface area contributed by atoms with Crippen LogP contribution in [0, 0.1) is 0 Å². The van der Waals surface area contributed by atoms with Crippen molar-refractivity contribution < 1.29 is 4.74 Å². The number of H-pyrrole nitrogens is 1. The summed E-state index contributed by atoms with van der Waals surface area (Å²) >= 11 is 11.6. The smallest absolute Gasteiger partial charge is 0.171 e. The van der Waals surface area contributed by atoms with E-state index in [1.807, 2.05) is 0 Å². The Hall–Kier alpha value is -1.00. The molecular formula is C7H5Cl2N3O. The summed E-state index contributed by atoms with van der Waals surface area (Å²) in [6.07, 6.45) is 0. The Morgan fingerprint density at radius 3 is 2.92 bits per heavy atom. The highest BCUT2D eigenvalue weighted by atomic mass is 35.5. The number of hydrogen-bond acceptors (Lipinski definition) is 3. The Balaban J connectivity index is 2.76. The van der Waals surface area contributed by atoms with Gasteiger partial charge in [-0.05, 0) is 0 Å². The fourth-order valence-electron chi connectivity index (χ4n) is 1.01. The van der Waals surface area contributed by atoms with E-state index in [-0.39, 0.29) is 5.15 Å². The molecule has 2 aromatic rings. The minimum absolute atomic E-state index is 0.276. The monoisotopic (exact) mass is 217 g/mol. The maximum absolute atomic E-state index is 5.80. The van der Waals surface area contributed by atoms with Crippen molar-refractivity contribution in [1.29, 1.82) is 0 Å². The van der Waals surface area contributed by atoms with Gasteiger partial charge in [-0.15, -0.1) is 0 Å². The molecule has 0 aliphatic rings. The van der Waals surface area contributed by atoms with E-state index < -0.39 is 0 Å². The minimum Gasteiger partial charge on any atom is -0.493 e. The molecule has 0 spiro atoms. The first-order chi connectivity index (χ1) is 6.22. The lowest BCUT2D eigenvalue weighted by Gasteiger charge is -2.00. The third kappa shape index (κ3) is 1.32. The highest BCUT2D eigenvalue weighted by Gasteiger charge is 2.09. The molecule has 0 aliphatic carbocycles. The molecule has 0 radical (unpaired) electrons. The van der Waals surface area contributed by atoms with Gasteiger partial charge in [-0.3, -0.25) is 5.10 Å². The van der Waals surface area contributed by atoms with Crippen LogP contribution in [-0.2, 0) is 0 Å². The van der Waals surface area contributed by atoms with E-state index in [0.29, 0.717) is 21.9 Å². The SMILES string of the molecule is COc1cc2n[nH]c(Cl)c2nc1Cl. The second-order valence-electron chi connectivity index (χ2n) is 2.39. The lowest BCUT2D eigenvalue weighted by molar-refractivity contribution is 0.414. The Bertz CT molecular complexity index is 454. The van der Waals surface area contributed by atoms with Gasteiger partial charge >= 0.3 is 0 Å². The normalized spacial score (nSPS) is 10.7. The van der Waals surface area contributed by atoms with Crippen molar-refractivity contribution in [2.24, 2.45) is 0 Å². The van der Waals surface area contributed by atoms with Gasteiger partial charge in [0.15, 0.2) is 16.1 Å². The predicted octanol–water partition coefficient (Wildman–Crippen LogP) is 2.27. The summed E-state index contributed by atoms with van der Waals surface area (Å²) in [6, 6.07) is 1.67. The van der Waals surface area contributed by atoms with Gasteiger partial charge in [-0.2, -0.15) is 5.10 Å². The predicted molar refractivity (Wildman–Crippen MR) is 50.5 cm³/mol. The summed E-state index contributed by atoms with van der Waals surface area (Å²) in [5, 5.41) is 7.15. The van der Waals surface area contributed by atoms with E-state index >= 15 is 0 Å². The van der Waals surface area contributed by atoms with Crippen LogP contribution in [0.4, 0.5) is 0 Å². The number of hydrogen-bond donors (Lipinski definition) is 1. The van der Waals surface area contributed by atoms with Crippen molar-refractivity contribution in [3.8, 4) is 5.75 Å². The molecular weight excluding hydrogens is 213 g/mol. The zero-order chi connectivity index (χ0) is 9.42. The van der Waals surface area contributed by atoms with Gasteiger partial charge in [-0.1, -0.05) is 23.2 Å². The molecule has 1 N–H and O–H groups in total. The van der Waals surface area contributed by atoms with E-state index in [9.17, 15) is 0 Å². The number of aromatic amines is 1. The first kappa shape index (κ1) is 8.59. The number of halogens is 2. The average molecular weight is 218 g/mol. The molecule has 2 rings (SSSR count). The second-order valence-corrected chi connectivity index (χ2v) is 3.12. The van der Waals surface area contributed by atoms with Crippen LogP contribution in [0.1, 0.15) is 0 Å². The summed E-state index contributed by atoms with van der Waals surface area (Å²) in [5.74, 6) is 0.484. The lowest BCUT2D eigenvalue weighted by atomic mass is 10.4. The van der Waals surface area contributed by atoms with E-state index in [2.05, 4.69) is 15.2 Å². The molecule has 0 bridgehead atoms. The Morgan fingerprint density at radius 2 is 2.23 bits per heavy atom. The summed E-state index contributed by atoms with van der Waals surface area (Å²) in [7, 11) is 1.52. The first-order valence-corrected chi connectivity index (χ1v) is 4.22. The lowest BCUT2D eigenvalue weighted by Crippen LogP contribution is -1.86. The topological polar surface area (TPSA) is 50.8 Å². The summed E-state index contributed by atoms with van der Waals surface area (Å²) in [5.41, 5.74) is 1.18. The van der Waals surface area contributed by atoms with Gasteiger partial charge in [0.2, 0.25) is 0 Å². The van der Waals surface area contributed by atoms with Gasteiger partial charge in [-0.25, -0.2) is 4.98 Å². The molecule has 0 saturated heterocycles. The van der Waals surface area contributed by atoms with Crippen molar-refractivity contribution in [3.63, 3.8) is 0 Å². The molecule has 0 aromatic carbocycles. The fraction of sp³-hybridized carbons (Fsp3) is 0.143. The van der Waals surface area contributed by atoms with Crippen LogP contribution < -0.4 is 4.74 Å². The minimum atomic E-state index is 0.276. The van der Waals surface area contributed by atoms with Crippen molar-refractivity contribution in [2.75, 3.05) is 7.11 Å². The van der Waals surface area contributed by atoms with Crippen molar-refractivity contribution >= 4 is 34.2 Å². The maximum Gasteiger partial charge on any atom is 0.171 e. The number of ether oxygens (including phenoxy) is 1. The molecule has 2 aromatic heterocycles. The number of fused-ring (bicyclic) bond motifs is 1. The zero-order valence-corrected chi connectivity index (χ0v) is 8.15. The maximum atomic E-state index is 5.80. The van der Waals surface area contributed by atoms with Crippen LogP contribution in [0.5, 0.6) is 5.75 Å². The number of rotatable bonds is 1. The third-order valence-electron chi connectivity index (χ3n) is 1.63. The second kappa shape index (κ2) is 3.05. The molecule has 4 nitrogen and oxygen atoms in total. The van der Waals surface area contributed by atoms with Gasteiger partial charge in [0.25, 0.3) is 0 Å². The molecule has 0 unspecified atom stereocenters. The molecule has 0 amide bonds. The van der Waals surface area contributed by atoms with Crippen molar-refractivity contribution in [1.82, 2.24) is 15.2 Å². The van der Waals surface area contributed by atoms with Crippen molar-refractivity contribution in [3.05, 3.63) is 16.4 Å². The third-order valence-corrected chi connectivity index (χ3v) is 2.16. The number of methoxy groups -OCH3 is 1. The summed E-state index contributed by atoms with van der Waals surface area (Å²) in [4.78, 5) is 4.02. The molecule has 0 fully saturated rings. The van der Waals surface area contributed by atoms with E-state index in [1.54, 1.807) is 6.07 Å². The summed E-state index contributed by atoms with van der Waals surface area (Å²) in [6.45, 7) is 0. The Morgan fingerprint density at radius 1 is 1.46 bits per heavy atom. The molecule has 0 saturated carbocycles. The van der Waals surface area contributed by atoms with Gasteiger partial charge in [0.05, 0.1) is 7.11 Å². The molecule has 2 heterocycles. The fourth-order valence-corrected chi connectivity index (χ4v) is 1.41. The van der Waals surface area contributed by atoms with Gasteiger partial charge in [0, 0.05) is 6.07 Å². The Labute approximate surface area is 83.8 Å². The average Bonchev–Trinajstić information content (AvgIpc) is 2.47. The van der Waals surface area contributed by atoms with Crippen LogP contribution in [0.15, 0.2) is 6.07 Å². The molecule has 68 valence electrons. The molecule has 6 heteroatoms. The molecule has 13 heavy (non-hydrogen) atoms. The zero-order valence-electron chi connectivity index (χ0n) is 6.64. The van der Waals surface area contributed by atoms with Crippen molar-refractivity contribution in [2.45, 2.75) is 0 Å². The number of nitrogens with one attached hydrogen (secondary N) is 1. The van der Waals surface area contributed by atoms with E-state index in [1.165, 1.54) is 7.11 Å². The van der Waals surface area contributed by atoms with Crippen LogP contribution in [-0.4, -0.2) is 22.3 Å². The molecule has 0 aliphatic heterocycles. The summed E-state index contributed by atoms with van der Waals surface area (Å²) < 4.78 is 4.97. The van der Waals surface area contributed by atoms with Crippen LogP contribution >= 0.6 is 23.2 Å². The van der Waals surface area contributed by atoms with Gasteiger partial charge in [0.1, 0.15) is 11.0 Å². The van der Waals surface area contributed by atoms with Gasteiger partial charge < -0.3 is 4.74 Å². The number of aromatic nitrogens is 3. The van der Waals surface area contributed by atoms with Crippen LogP contribution in [0.2, 0.25) is 10.3 Å². The standard InChI is InChI=1S/C7H5Cl2N3O/c1-13-4-2-3-5(10-6(4)8)7(9)12-11-3/h2H,1H3,(H,11,12). The van der Waals surface area contributed by atoms with Crippen LogP contribution in [0.3, 0.4) is 0 Å². The molecule has 0 atom stereocenters. The first-order valence-electron chi connectivity index (χ1n) is 3.46.